The summed E-state index contributed by atoms with van der Waals surface area (Å²) in [6.07, 6.45) is 0.671. The molecule has 1 unspecified atom stereocenters. The second kappa shape index (κ2) is 7.64. The Hall–Kier alpha value is -1.29. The molecule has 3 N–H and O–H groups in total. The highest BCUT2D eigenvalue weighted by atomic mass is 32.2. The average molecular weight is 301 g/mol. The molecule has 0 saturated carbocycles. The van der Waals surface area contributed by atoms with Crippen LogP contribution in [0.5, 0.6) is 0 Å². The fraction of sp³-hybridized carbons (Fsp3) is 0.333. The van der Waals surface area contributed by atoms with Crippen molar-refractivity contribution in [2.24, 2.45) is 5.73 Å². The van der Waals surface area contributed by atoms with E-state index < -0.39 is 5.60 Å². The molecule has 2 nitrogen and oxygen atoms in total. The summed E-state index contributed by atoms with van der Waals surface area (Å²) in [5.41, 5.74) is 8.40. The Morgan fingerprint density at radius 3 is 2.52 bits per heavy atom. The van der Waals surface area contributed by atoms with Crippen molar-refractivity contribution >= 4 is 11.8 Å². The van der Waals surface area contributed by atoms with Crippen molar-refractivity contribution in [2.75, 3.05) is 12.3 Å². The maximum Gasteiger partial charge on any atom is 0.103 e. The van der Waals surface area contributed by atoms with Crippen LogP contribution < -0.4 is 5.73 Å². The summed E-state index contributed by atoms with van der Waals surface area (Å²) >= 11 is 1.84. The van der Waals surface area contributed by atoms with Crippen LogP contribution in [-0.4, -0.2) is 17.4 Å². The summed E-state index contributed by atoms with van der Waals surface area (Å²) in [5, 5.41) is 10.7. The molecule has 2 aromatic rings. The molecule has 0 saturated heterocycles. The Labute approximate surface area is 131 Å². The molecular weight excluding hydrogens is 278 g/mol. The highest BCUT2D eigenvalue weighted by Gasteiger charge is 2.26. The summed E-state index contributed by atoms with van der Waals surface area (Å²) in [4.78, 5) is 0. The lowest BCUT2D eigenvalue weighted by Gasteiger charge is -2.27. The highest BCUT2D eigenvalue weighted by molar-refractivity contribution is 7.98. The molecule has 1 atom stereocenters. The van der Waals surface area contributed by atoms with Crippen molar-refractivity contribution in [1.82, 2.24) is 0 Å². The SMILES string of the molecule is Cc1cccc(CSCCC(O)(CN)c2ccccc2)c1. The van der Waals surface area contributed by atoms with Crippen LogP contribution >= 0.6 is 11.8 Å². The minimum absolute atomic E-state index is 0.252. The Kier molecular flexibility index (Phi) is 5.85. The number of hydrogen-bond donors (Lipinski definition) is 2. The van der Waals surface area contributed by atoms with Gasteiger partial charge in [-0.25, -0.2) is 0 Å². The molecule has 0 aliphatic rings. The summed E-state index contributed by atoms with van der Waals surface area (Å²) < 4.78 is 0. The van der Waals surface area contributed by atoms with Crippen molar-refractivity contribution in [3.05, 3.63) is 71.3 Å². The molecule has 112 valence electrons. The summed E-state index contributed by atoms with van der Waals surface area (Å²) in [5.74, 6) is 1.85. The van der Waals surface area contributed by atoms with E-state index in [1.165, 1.54) is 11.1 Å². The third-order valence-corrected chi connectivity index (χ3v) is 4.69. The van der Waals surface area contributed by atoms with Crippen LogP contribution in [0.2, 0.25) is 0 Å². The van der Waals surface area contributed by atoms with Crippen LogP contribution in [0.1, 0.15) is 23.1 Å². The summed E-state index contributed by atoms with van der Waals surface area (Å²) in [6.45, 7) is 2.36. The predicted octanol–water partition coefficient (Wildman–Crippen LogP) is 3.46. The van der Waals surface area contributed by atoms with Gasteiger partial charge in [0.2, 0.25) is 0 Å². The van der Waals surface area contributed by atoms with E-state index in [0.29, 0.717) is 6.42 Å². The Bertz CT molecular complexity index is 558. The Morgan fingerprint density at radius 2 is 1.86 bits per heavy atom. The van der Waals surface area contributed by atoms with Gasteiger partial charge in [-0.15, -0.1) is 0 Å². The highest BCUT2D eigenvalue weighted by Crippen LogP contribution is 2.26. The Balaban J connectivity index is 1.86. The first-order chi connectivity index (χ1) is 10.1. The smallest absolute Gasteiger partial charge is 0.103 e. The number of rotatable bonds is 7. The molecule has 21 heavy (non-hydrogen) atoms. The lowest BCUT2D eigenvalue weighted by molar-refractivity contribution is 0.0431. The molecule has 0 aliphatic carbocycles. The number of aryl methyl sites for hydroxylation is 1. The van der Waals surface area contributed by atoms with Crippen molar-refractivity contribution in [3.63, 3.8) is 0 Å². The van der Waals surface area contributed by atoms with Crippen molar-refractivity contribution in [3.8, 4) is 0 Å². The van der Waals surface area contributed by atoms with Crippen LogP contribution in [0.3, 0.4) is 0 Å². The van der Waals surface area contributed by atoms with Crippen LogP contribution in [0.25, 0.3) is 0 Å². The molecule has 2 aromatic carbocycles. The minimum atomic E-state index is -0.916. The van der Waals surface area contributed by atoms with Gasteiger partial charge in [-0.1, -0.05) is 60.2 Å². The average Bonchev–Trinajstić information content (AvgIpc) is 2.52. The zero-order chi connectivity index (χ0) is 15.1. The molecule has 0 spiro atoms. The van der Waals surface area contributed by atoms with Gasteiger partial charge in [-0.2, -0.15) is 11.8 Å². The van der Waals surface area contributed by atoms with E-state index in [9.17, 15) is 5.11 Å². The zero-order valence-corrected chi connectivity index (χ0v) is 13.3. The van der Waals surface area contributed by atoms with Gasteiger partial charge in [0.05, 0.1) is 0 Å². The van der Waals surface area contributed by atoms with Gasteiger partial charge >= 0.3 is 0 Å². The van der Waals surface area contributed by atoms with Gasteiger partial charge in [0.1, 0.15) is 5.60 Å². The zero-order valence-electron chi connectivity index (χ0n) is 12.5. The second-order valence-electron chi connectivity index (χ2n) is 5.39. The monoisotopic (exact) mass is 301 g/mol. The van der Waals surface area contributed by atoms with Crippen LogP contribution in [0.4, 0.5) is 0 Å². The first kappa shape index (κ1) is 16.1. The summed E-state index contributed by atoms with van der Waals surface area (Å²) in [6, 6.07) is 18.3. The lowest BCUT2D eigenvalue weighted by atomic mass is 9.91. The summed E-state index contributed by atoms with van der Waals surface area (Å²) in [7, 11) is 0. The number of benzene rings is 2. The van der Waals surface area contributed by atoms with Crippen molar-refractivity contribution < 1.29 is 5.11 Å². The number of aliphatic hydroxyl groups is 1. The molecule has 0 bridgehead atoms. The molecule has 0 amide bonds. The number of thioether (sulfide) groups is 1. The van der Waals surface area contributed by atoms with E-state index in [0.717, 1.165) is 17.1 Å². The Morgan fingerprint density at radius 1 is 1.10 bits per heavy atom. The topological polar surface area (TPSA) is 46.2 Å². The first-order valence-corrected chi connectivity index (χ1v) is 8.41. The van der Waals surface area contributed by atoms with E-state index >= 15 is 0 Å². The normalized spacial score (nSPS) is 13.9. The molecule has 0 aromatic heterocycles. The van der Waals surface area contributed by atoms with Crippen LogP contribution in [-0.2, 0) is 11.4 Å². The van der Waals surface area contributed by atoms with E-state index in [-0.39, 0.29) is 6.54 Å². The molecule has 0 heterocycles. The van der Waals surface area contributed by atoms with Gasteiger partial charge in [0, 0.05) is 12.3 Å². The van der Waals surface area contributed by atoms with Crippen LogP contribution in [0.15, 0.2) is 54.6 Å². The fourth-order valence-corrected chi connectivity index (χ4v) is 3.39. The third-order valence-electron chi connectivity index (χ3n) is 3.66. The number of nitrogens with two attached hydrogens (primary N) is 1. The largest absolute Gasteiger partial charge is 0.384 e. The maximum absolute atomic E-state index is 10.7. The molecule has 0 aliphatic heterocycles. The second-order valence-corrected chi connectivity index (χ2v) is 6.50. The van der Waals surface area contributed by atoms with Gasteiger partial charge in [-0.05, 0) is 30.2 Å². The van der Waals surface area contributed by atoms with Gasteiger partial charge < -0.3 is 10.8 Å². The van der Waals surface area contributed by atoms with Gasteiger partial charge in [0.25, 0.3) is 0 Å². The van der Waals surface area contributed by atoms with E-state index in [1.54, 1.807) is 0 Å². The number of hydrogen-bond acceptors (Lipinski definition) is 3. The predicted molar refractivity (Wildman–Crippen MR) is 91.4 cm³/mol. The maximum atomic E-state index is 10.7. The quantitative estimate of drug-likeness (QED) is 0.770. The van der Waals surface area contributed by atoms with E-state index in [4.69, 9.17) is 5.73 Å². The standard InChI is InChI=1S/C18H23NOS/c1-15-6-5-7-16(12-15)13-21-11-10-18(20,14-19)17-8-3-2-4-9-17/h2-9,12,20H,10-11,13-14,19H2,1H3. The molecule has 0 radical (unpaired) electrons. The van der Waals surface area contributed by atoms with Gasteiger partial charge in [-0.3, -0.25) is 0 Å². The third kappa shape index (κ3) is 4.60. The van der Waals surface area contributed by atoms with Crippen molar-refractivity contribution in [1.29, 1.82) is 0 Å². The molecule has 3 heteroatoms. The van der Waals surface area contributed by atoms with E-state index in [2.05, 4.69) is 31.2 Å². The molecular formula is C18H23NOS. The fourth-order valence-electron chi connectivity index (χ4n) is 2.35. The lowest BCUT2D eigenvalue weighted by Crippen LogP contribution is -2.35. The van der Waals surface area contributed by atoms with Crippen molar-refractivity contribution in [2.45, 2.75) is 24.7 Å². The molecule has 0 fully saturated rings. The van der Waals surface area contributed by atoms with Crippen LogP contribution in [0, 0.1) is 6.92 Å². The first-order valence-electron chi connectivity index (χ1n) is 7.25. The van der Waals surface area contributed by atoms with E-state index in [1.807, 2.05) is 42.1 Å². The van der Waals surface area contributed by atoms with Gasteiger partial charge in [0.15, 0.2) is 0 Å². The molecule has 2 rings (SSSR count). The minimum Gasteiger partial charge on any atom is -0.384 e.